The van der Waals surface area contributed by atoms with Gasteiger partial charge >= 0.3 is 0 Å². The summed E-state index contributed by atoms with van der Waals surface area (Å²) >= 11 is 1.79. The van der Waals surface area contributed by atoms with Gasteiger partial charge in [-0.1, -0.05) is 13.8 Å². The fourth-order valence-corrected chi connectivity index (χ4v) is 3.15. The molecule has 1 aromatic rings. The second-order valence-electron chi connectivity index (χ2n) is 5.21. The van der Waals surface area contributed by atoms with E-state index in [9.17, 15) is 0 Å². The zero-order chi connectivity index (χ0) is 12.3. The average molecular weight is 253 g/mol. The van der Waals surface area contributed by atoms with Gasteiger partial charge in [-0.2, -0.15) is 0 Å². The number of aromatic nitrogens is 1. The van der Waals surface area contributed by atoms with Gasteiger partial charge < -0.3 is 5.32 Å². The first-order valence-corrected chi connectivity index (χ1v) is 7.41. The van der Waals surface area contributed by atoms with E-state index in [-0.39, 0.29) is 0 Å². The molecule has 17 heavy (non-hydrogen) atoms. The molecule has 1 fully saturated rings. The Morgan fingerprint density at radius 2 is 2.41 bits per heavy atom. The van der Waals surface area contributed by atoms with Crippen molar-refractivity contribution in [3.05, 3.63) is 16.1 Å². The topological polar surface area (TPSA) is 28.2 Å². The molecule has 1 aliphatic heterocycles. The zero-order valence-corrected chi connectivity index (χ0v) is 11.9. The van der Waals surface area contributed by atoms with Gasteiger partial charge in [-0.25, -0.2) is 4.98 Å². The molecule has 1 aromatic heterocycles. The lowest BCUT2D eigenvalue weighted by Crippen LogP contribution is -2.39. The Kier molecular flexibility index (Phi) is 4.54. The summed E-state index contributed by atoms with van der Waals surface area (Å²) in [6.07, 6.45) is 2.65. The highest BCUT2D eigenvalue weighted by molar-refractivity contribution is 7.09. The second-order valence-corrected chi connectivity index (χ2v) is 6.15. The summed E-state index contributed by atoms with van der Waals surface area (Å²) in [5.74, 6) is 0. The van der Waals surface area contributed by atoms with Gasteiger partial charge in [-0.05, 0) is 26.3 Å². The minimum absolute atomic E-state index is 0.583. The molecule has 0 bridgehead atoms. The smallest absolute Gasteiger partial charge is 0.107 e. The van der Waals surface area contributed by atoms with E-state index in [1.54, 1.807) is 11.3 Å². The van der Waals surface area contributed by atoms with E-state index in [1.165, 1.54) is 24.4 Å². The number of aryl methyl sites for hydroxylation is 1. The van der Waals surface area contributed by atoms with Crippen molar-refractivity contribution in [3.8, 4) is 0 Å². The van der Waals surface area contributed by atoms with E-state index in [0.29, 0.717) is 12.1 Å². The lowest BCUT2D eigenvalue weighted by molar-refractivity contribution is 0.235. The molecule has 4 heteroatoms. The molecule has 3 nitrogen and oxygen atoms in total. The quantitative estimate of drug-likeness (QED) is 0.873. The van der Waals surface area contributed by atoms with Crippen molar-refractivity contribution in [2.45, 2.75) is 52.2 Å². The molecule has 1 aliphatic rings. The van der Waals surface area contributed by atoms with Crippen molar-refractivity contribution in [2.24, 2.45) is 0 Å². The van der Waals surface area contributed by atoms with Crippen molar-refractivity contribution in [1.82, 2.24) is 15.2 Å². The fourth-order valence-electron chi connectivity index (χ4n) is 2.36. The Morgan fingerprint density at radius 3 is 3.06 bits per heavy atom. The molecule has 1 unspecified atom stereocenters. The summed E-state index contributed by atoms with van der Waals surface area (Å²) in [5.41, 5.74) is 1.15. The molecular weight excluding hydrogens is 230 g/mol. The molecule has 0 radical (unpaired) electrons. The van der Waals surface area contributed by atoms with Crippen LogP contribution in [0, 0.1) is 6.92 Å². The van der Waals surface area contributed by atoms with Crippen LogP contribution in [0.15, 0.2) is 5.38 Å². The lowest BCUT2D eigenvalue weighted by Gasteiger charge is -2.24. The summed E-state index contributed by atoms with van der Waals surface area (Å²) in [6.45, 7) is 9.86. The highest BCUT2D eigenvalue weighted by Gasteiger charge is 2.24. The molecule has 1 N–H and O–H groups in total. The molecule has 0 amide bonds. The number of nitrogens with zero attached hydrogens (tertiary/aromatic N) is 2. The Bertz CT molecular complexity index is 348. The molecule has 96 valence electrons. The van der Waals surface area contributed by atoms with Gasteiger partial charge in [0, 0.05) is 29.7 Å². The third-order valence-electron chi connectivity index (χ3n) is 3.27. The normalized spacial score (nSPS) is 21.5. The van der Waals surface area contributed by atoms with Gasteiger partial charge in [0.15, 0.2) is 0 Å². The Labute approximate surface area is 108 Å². The van der Waals surface area contributed by atoms with E-state index in [1.807, 2.05) is 0 Å². The van der Waals surface area contributed by atoms with E-state index in [0.717, 1.165) is 18.8 Å². The third kappa shape index (κ3) is 3.76. The van der Waals surface area contributed by atoms with Crippen LogP contribution in [0.5, 0.6) is 0 Å². The molecular formula is C13H23N3S. The summed E-state index contributed by atoms with van der Waals surface area (Å²) in [7, 11) is 0. The Balaban J connectivity index is 1.86. The standard InChI is InChI=1S/C13H23N3S/c1-10(2)14-7-12-5-4-6-16(12)8-13-15-11(3)9-17-13/h9-10,12,14H,4-8H2,1-3H3. The van der Waals surface area contributed by atoms with Crippen LogP contribution in [0.1, 0.15) is 37.4 Å². The van der Waals surface area contributed by atoms with Crippen LogP contribution in [0.3, 0.4) is 0 Å². The second kappa shape index (κ2) is 5.94. The first-order chi connectivity index (χ1) is 8.15. The number of thiazole rings is 1. The maximum Gasteiger partial charge on any atom is 0.107 e. The molecule has 2 rings (SSSR count). The maximum absolute atomic E-state index is 4.56. The molecule has 1 atom stereocenters. The van der Waals surface area contributed by atoms with Crippen molar-refractivity contribution in [3.63, 3.8) is 0 Å². The van der Waals surface area contributed by atoms with Crippen LogP contribution in [-0.2, 0) is 6.54 Å². The number of hydrogen-bond donors (Lipinski definition) is 1. The summed E-state index contributed by atoms with van der Waals surface area (Å²) in [4.78, 5) is 7.14. The molecule has 1 saturated heterocycles. The lowest BCUT2D eigenvalue weighted by atomic mass is 10.2. The van der Waals surface area contributed by atoms with Crippen molar-refractivity contribution in [1.29, 1.82) is 0 Å². The van der Waals surface area contributed by atoms with Crippen LogP contribution in [0.2, 0.25) is 0 Å². The maximum atomic E-state index is 4.56. The molecule has 0 aliphatic carbocycles. The third-order valence-corrected chi connectivity index (χ3v) is 4.22. The predicted molar refractivity (Wildman–Crippen MR) is 73.4 cm³/mol. The fraction of sp³-hybridized carbons (Fsp3) is 0.769. The van der Waals surface area contributed by atoms with Crippen LogP contribution in [0.4, 0.5) is 0 Å². The number of hydrogen-bond acceptors (Lipinski definition) is 4. The minimum Gasteiger partial charge on any atom is -0.313 e. The SMILES string of the molecule is Cc1csc(CN2CCCC2CNC(C)C)n1. The van der Waals surface area contributed by atoms with Gasteiger partial charge in [0.05, 0.1) is 6.54 Å². The van der Waals surface area contributed by atoms with Crippen molar-refractivity contribution < 1.29 is 0 Å². The van der Waals surface area contributed by atoms with Crippen LogP contribution in [-0.4, -0.2) is 35.1 Å². The van der Waals surface area contributed by atoms with Gasteiger partial charge in [0.25, 0.3) is 0 Å². The first kappa shape index (κ1) is 13.0. The zero-order valence-electron chi connectivity index (χ0n) is 11.1. The molecule has 0 aromatic carbocycles. The number of likely N-dealkylation sites (tertiary alicyclic amines) is 1. The van der Waals surface area contributed by atoms with Crippen LogP contribution >= 0.6 is 11.3 Å². The van der Waals surface area contributed by atoms with Gasteiger partial charge in [0.1, 0.15) is 5.01 Å². The average Bonchev–Trinajstić information content (AvgIpc) is 2.86. The van der Waals surface area contributed by atoms with Gasteiger partial charge in [-0.3, -0.25) is 4.90 Å². The molecule has 2 heterocycles. The van der Waals surface area contributed by atoms with E-state index >= 15 is 0 Å². The number of rotatable bonds is 5. The largest absolute Gasteiger partial charge is 0.313 e. The molecule has 0 saturated carbocycles. The Hall–Kier alpha value is -0.450. The van der Waals surface area contributed by atoms with Crippen LogP contribution < -0.4 is 5.32 Å². The first-order valence-electron chi connectivity index (χ1n) is 6.53. The van der Waals surface area contributed by atoms with Crippen molar-refractivity contribution >= 4 is 11.3 Å². The predicted octanol–water partition coefficient (Wildman–Crippen LogP) is 2.41. The summed E-state index contributed by atoms with van der Waals surface area (Å²) in [6, 6.07) is 1.28. The van der Waals surface area contributed by atoms with E-state index < -0.39 is 0 Å². The highest BCUT2D eigenvalue weighted by atomic mass is 32.1. The van der Waals surface area contributed by atoms with Gasteiger partial charge in [0.2, 0.25) is 0 Å². The van der Waals surface area contributed by atoms with E-state index in [4.69, 9.17) is 0 Å². The minimum atomic E-state index is 0.583. The summed E-state index contributed by atoms with van der Waals surface area (Å²) < 4.78 is 0. The Morgan fingerprint density at radius 1 is 1.59 bits per heavy atom. The van der Waals surface area contributed by atoms with Crippen LogP contribution in [0.25, 0.3) is 0 Å². The van der Waals surface area contributed by atoms with Crippen molar-refractivity contribution in [2.75, 3.05) is 13.1 Å². The monoisotopic (exact) mass is 253 g/mol. The van der Waals surface area contributed by atoms with E-state index in [2.05, 4.69) is 41.4 Å². The molecule has 0 spiro atoms. The summed E-state index contributed by atoms with van der Waals surface area (Å²) in [5, 5.41) is 6.96. The number of nitrogens with one attached hydrogen (secondary N) is 1. The van der Waals surface area contributed by atoms with Gasteiger partial charge in [-0.15, -0.1) is 11.3 Å². The highest BCUT2D eigenvalue weighted by Crippen LogP contribution is 2.21.